The van der Waals surface area contributed by atoms with Gasteiger partial charge in [0.25, 0.3) is 0 Å². The molecule has 0 amide bonds. The van der Waals surface area contributed by atoms with Crippen LogP contribution < -0.4 is 0 Å². The maximum absolute atomic E-state index is 10.2. The molecule has 3 aliphatic heterocycles. The Morgan fingerprint density at radius 3 is 2.00 bits per heavy atom. The molecule has 4 aliphatic rings. The molecule has 3 heterocycles. The first-order valence-electron chi connectivity index (χ1n) is 8.07. The number of ether oxygens (including phenoxy) is 1. The van der Waals surface area contributed by atoms with Crippen LogP contribution in [-0.2, 0) is 9.57 Å². The van der Waals surface area contributed by atoms with E-state index >= 15 is 0 Å². The summed E-state index contributed by atoms with van der Waals surface area (Å²) in [6.07, 6.45) is 5.55. The number of hydroxylamine groups is 2. The molecular weight excluding hydrogens is 381 g/mol. The standard InChI is InChI=1S/C16H28INO3/c1-13(2)9-12(19)10-14(3,4)18(13)21-15-5-7-16(17,8-6-15)20-11-15/h12,19H,5-11H2,1-4H3. The summed E-state index contributed by atoms with van der Waals surface area (Å²) in [5, 5.41) is 12.3. The van der Waals surface area contributed by atoms with Crippen LogP contribution >= 0.6 is 22.6 Å². The summed E-state index contributed by atoms with van der Waals surface area (Å²) < 4.78 is 6.10. The number of piperidine rings is 1. The molecule has 0 unspecified atom stereocenters. The summed E-state index contributed by atoms with van der Waals surface area (Å²) in [6.45, 7) is 9.37. The largest absolute Gasteiger partial charge is 0.393 e. The number of nitrogens with zero attached hydrogens (tertiary/aromatic N) is 1. The number of halogens is 1. The molecule has 1 N–H and O–H groups in total. The molecule has 0 atom stereocenters. The molecule has 122 valence electrons. The summed E-state index contributed by atoms with van der Waals surface area (Å²) >= 11 is 2.46. The summed E-state index contributed by atoms with van der Waals surface area (Å²) in [4.78, 5) is 6.62. The summed E-state index contributed by atoms with van der Waals surface area (Å²) in [5.41, 5.74) is -0.484. The van der Waals surface area contributed by atoms with Crippen LogP contribution in [0.5, 0.6) is 0 Å². The average molecular weight is 409 g/mol. The molecule has 3 saturated heterocycles. The van der Waals surface area contributed by atoms with E-state index < -0.39 is 0 Å². The van der Waals surface area contributed by atoms with Crippen LogP contribution in [0.2, 0.25) is 0 Å². The van der Waals surface area contributed by atoms with Gasteiger partial charge in [-0.25, -0.2) is 0 Å². The number of alkyl halides is 1. The maximum atomic E-state index is 10.2. The average Bonchev–Trinajstić information content (AvgIpc) is 2.35. The lowest BCUT2D eigenvalue weighted by atomic mass is 9.79. The fraction of sp³-hybridized carbons (Fsp3) is 1.00. The predicted molar refractivity (Wildman–Crippen MR) is 90.2 cm³/mol. The second-order valence-electron chi connectivity index (χ2n) is 8.43. The highest BCUT2D eigenvalue weighted by Crippen LogP contribution is 2.51. The zero-order valence-corrected chi connectivity index (χ0v) is 15.8. The number of fused-ring (bicyclic) bond motifs is 3. The van der Waals surface area contributed by atoms with Gasteiger partial charge >= 0.3 is 0 Å². The van der Waals surface area contributed by atoms with Crippen LogP contribution in [-0.4, -0.2) is 43.2 Å². The second kappa shape index (κ2) is 5.03. The number of aliphatic hydroxyl groups excluding tert-OH is 1. The fourth-order valence-corrected chi connectivity index (χ4v) is 5.09. The lowest BCUT2D eigenvalue weighted by Gasteiger charge is -2.58. The minimum absolute atomic E-state index is 0.0476. The molecule has 4 fully saturated rings. The van der Waals surface area contributed by atoms with Gasteiger partial charge in [-0.3, -0.25) is 4.84 Å². The molecule has 0 spiro atoms. The van der Waals surface area contributed by atoms with Crippen LogP contribution in [0.3, 0.4) is 0 Å². The molecule has 0 aromatic rings. The third-order valence-electron chi connectivity index (χ3n) is 5.36. The van der Waals surface area contributed by atoms with Crippen molar-refractivity contribution in [3.63, 3.8) is 0 Å². The van der Waals surface area contributed by atoms with Crippen LogP contribution in [0.1, 0.15) is 66.2 Å². The molecule has 4 nitrogen and oxygen atoms in total. The first-order valence-corrected chi connectivity index (χ1v) is 9.14. The molecule has 2 bridgehead atoms. The number of hydrogen-bond acceptors (Lipinski definition) is 4. The number of aliphatic hydroxyl groups is 1. The highest BCUT2D eigenvalue weighted by Gasteiger charge is 2.54. The van der Waals surface area contributed by atoms with Gasteiger partial charge in [0.15, 0.2) is 0 Å². The van der Waals surface area contributed by atoms with Gasteiger partial charge < -0.3 is 9.84 Å². The molecule has 0 aromatic heterocycles. The Hall–Kier alpha value is 0.570. The first kappa shape index (κ1) is 16.4. The highest BCUT2D eigenvalue weighted by molar-refractivity contribution is 14.1. The van der Waals surface area contributed by atoms with Gasteiger partial charge in [0.05, 0.1) is 12.7 Å². The Balaban J connectivity index is 1.80. The molecule has 1 saturated carbocycles. The van der Waals surface area contributed by atoms with Crippen LogP contribution in [0, 0.1) is 0 Å². The van der Waals surface area contributed by atoms with E-state index in [0.29, 0.717) is 6.61 Å². The zero-order valence-electron chi connectivity index (χ0n) is 13.6. The molecule has 0 aromatic carbocycles. The number of hydrogen-bond donors (Lipinski definition) is 1. The van der Waals surface area contributed by atoms with Crippen LogP contribution in [0.25, 0.3) is 0 Å². The summed E-state index contributed by atoms with van der Waals surface area (Å²) in [6, 6.07) is 0. The molecule has 0 radical (unpaired) electrons. The van der Waals surface area contributed by atoms with Gasteiger partial charge in [-0.2, -0.15) is 5.06 Å². The van der Waals surface area contributed by atoms with Crippen LogP contribution in [0.4, 0.5) is 0 Å². The Labute approximate surface area is 141 Å². The molecule has 1 aliphatic carbocycles. The van der Waals surface area contributed by atoms with Crippen molar-refractivity contribution >= 4 is 22.6 Å². The minimum Gasteiger partial charge on any atom is -0.393 e. The molecule has 21 heavy (non-hydrogen) atoms. The van der Waals surface area contributed by atoms with Crippen LogP contribution in [0.15, 0.2) is 0 Å². The van der Waals surface area contributed by atoms with Crippen molar-refractivity contribution in [2.45, 2.75) is 92.6 Å². The zero-order chi connectivity index (χ0) is 15.5. The van der Waals surface area contributed by atoms with E-state index in [2.05, 4.69) is 55.3 Å². The lowest BCUT2D eigenvalue weighted by Crippen LogP contribution is -2.66. The Kier molecular flexibility index (Phi) is 3.94. The van der Waals surface area contributed by atoms with Crippen molar-refractivity contribution in [2.75, 3.05) is 6.61 Å². The third-order valence-corrected chi connectivity index (χ3v) is 6.75. The predicted octanol–water partition coefficient (Wildman–Crippen LogP) is 3.41. The minimum atomic E-state index is -0.247. The third kappa shape index (κ3) is 3.01. The second-order valence-corrected chi connectivity index (χ2v) is 10.4. The van der Waals surface area contributed by atoms with Gasteiger partial charge in [-0.1, -0.05) is 0 Å². The molecule has 4 rings (SSSR count). The van der Waals surface area contributed by atoms with Gasteiger partial charge in [0, 0.05) is 11.1 Å². The van der Waals surface area contributed by atoms with E-state index in [1.54, 1.807) is 0 Å². The summed E-state index contributed by atoms with van der Waals surface area (Å²) in [7, 11) is 0. The van der Waals surface area contributed by atoms with Crippen molar-refractivity contribution in [3.8, 4) is 0 Å². The van der Waals surface area contributed by atoms with E-state index in [-0.39, 0.29) is 26.4 Å². The highest BCUT2D eigenvalue weighted by atomic mass is 127. The Morgan fingerprint density at radius 2 is 1.57 bits per heavy atom. The van der Waals surface area contributed by atoms with E-state index in [0.717, 1.165) is 38.5 Å². The normalized spacial score (nSPS) is 43.1. The maximum Gasteiger partial charge on any atom is 0.119 e. The topological polar surface area (TPSA) is 41.9 Å². The fourth-order valence-electron chi connectivity index (χ4n) is 4.40. The van der Waals surface area contributed by atoms with E-state index in [9.17, 15) is 5.11 Å². The quantitative estimate of drug-likeness (QED) is 0.561. The van der Waals surface area contributed by atoms with Crippen molar-refractivity contribution in [1.29, 1.82) is 0 Å². The summed E-state index contributed by atoms with van der Waals surface area (Å²) in [5.74, 6) is 0. The van der Waals surface area contributed by atoms with Gasteiger partial charge in [-0.15, -0.1) is 0 Å². The van der Waals surface area contributed by atoms with Crippen molar-refractivity contribution < 1.29 is 14.7 Å². The Bertz CT molecular complexity index is 381. The first-order chi connectivity index (χ1) is 9.56. The van der Waals surface area contributed by atoms with E-state index in [1.807, 2.05) is 0 Å². The van der Waals surface area contributed by atoms with Crippen molar-refractivity contribution in [2.24, 2.45) is 0 Å². The van der Waals surface area contributed by atoms with Gasteiger partial charge in [-0.05, 0) is 88.8 Å². The Morgan fingerprint density at radius 1 is 1.05 bits per heavy atom. The van der Waals surface area contributed by atoms with Gasteiger partial charge in [0.1, 0.15) is 9.21 Å². The van der Waals surface area contributed by atoms with E-state index in [1.165, 1.54) is 0 Å². The SMILES string of the molecule is CC1(C)CC(O)CC(C)(C)N1OC12CCC(I)(CC1)OC2. The van der Waals surface area contributed by atoms with E-state index in [4.69, 9.17) is 9.57 Å². The number of rotatable bonds is 2. The van der Waals surface area contributed by atoms with Gasteiger partial charge in [0.2, 0.25) is 0 Å². The van der Waals surface area contributed by atoms with Crippen molar-refractivity contribution in [1.82, 2.24) is 5.06 Å². The smallest absolute Gasteiger partial charge is 0.119 e. The monoisotopic (exact) mass is 409 g/mol. The van der Waals surface area contributed by atoms with Crippen molar-refractivity contribution in [3.05, 3.63) is 0 Å². The molecule has 5 heteroatoms. The molecular formula is C16H28INO3. The lowest BCUT2D eigenvalue weighted by molar-refractivity contribution is -0.371.